The van der Waals surface area contributed by atoms with Crippen LogP contribution >= 0.6 is 11.8 Å². The van der Waals surface area contributed by atoms with Gasteiger partial charge in [-0.1, -0.05) is 0 Å². The summed E-state index contributed by atoms with van der Waals surface area (Å²) in [6.45, 7) is 0. The summed E-state index contributed by atoms with van der Waals surface area (Å²) in [7, 11) is 3.47. The van der Waals surface area contributed by atoms with E-state index in [1.165, 1.54) is 11.8 Å². The van der Waals surface area contributed by atoms with Gasteiger partial charge in [0.1, 0.15) is 16.3 Å². The molecule has 0 saturated heterocycles. The number of carbonyl (C=O) groups excluding carboxylic acids is 1. The van der Waals surface area contributed by atoms with E-state index >= 15 is 0 Å². The second-order valence-corrected chi connectivity index (χ2v) is 5.01. The minimum absolute atomic E-state index is 0.0573. The Morgan fingerprint density at radius 2 is 2.24 bits per heavy atom. The summed E-state index contributed by atoms with van der Waals surface area (Å²) in [6, 6.07) is 1.77. The molecule has 5 heteroatoms. The van der Waals surface area contributed by atoms with Crippen molar-refractivity contribution in [1.82, 2.24) is 9.88 Å². The lowest BCUT2D eigenvalue weighted by molar-refractivity contribution is 0.0818. The number of ether oxygens (including phenoxy) is 1. The molecule has 0 aromatic carbocycles. The fraction of sp³-hybridized carbons (Fsp3) is 0.500. The molecule has 1 aliphatic carbocycles. The number of carbonyl (C=O) groups is 1. The van der Waals surface area contributed by atoms with Gasteiger partial charge in [-0.25, -0.2) is 4.98 Å². The van der Waals surface area contributed by atoms with E-state index < -0.39 is 0 Å². The average Bonchev–Trinajstić information content (AvgIpc) is 3.11. The molecule has 0 atom stereocenters. The van der Waals surface area contributed by atoms with Crippen molar-refractivity contribution in [2.75, 3.05) is 20.4 Å². The van der Waals surface area contributed by atoms with Crippen molar-refractivity contribution in [1.29, 1.82) is 0 Å². The lowest BCUT2D eigenvalue weighted by atomic mass is 10.2. The van der Waals surface area contributed by atoms with Crippen LogP contribution in [0.4, 0.5) is 0 Å². The van der Waals surface area contributed by atoms with E-state index in [-0.39, 0.29) is 12.0 Å². The SMILES string of the molecule is CSc1nccc(OC2CC2)c1C(=O)N(C)C. The lowest BCUT2D eigenvalue weighted by Crippen LogP contribution is -2.23. The van der Waals surface area contributed by atoms with Crippen LogP contribution in [-0.2, 0) is 0 Å². The van der Waals surface area contributed by atoms with Gasteiger partial charge in [-0.2, -0.15) is 0 Å². The van der Waals surface area contributed by atoms with E-state index in [0.717, 1.165) is 17.9 Å². The topological polar surface area (TPSA) is 42.4 Å². The maximum atomic E-state index is 12.1. The number of rotatable bonds is 4. The fourth-order valence-corrected chi connectivity index (χ4v) is 2.02. The molecule has 1 fully saturated rings. The Kier molecular flexibility index (Phi) is 3.57. The molecule has 1 aliphatic rings. The van der Waals surface area contributed by atoms with Crippen LogP contribution in [0.25, 0.3) is 0 Å². The second kappa shape index (κ2) is 4.96. The van der Waals surface area contributed by atoms with E-state index in [2.05, 4.69) is 4.98 Å². The molecule has 17 heavy (non-hydrogen) atoms. The van der Waals surface area contributed by atoms with E-state index in [1.54, 1.807) is 31.3 Å². The van der Waals surface area contributed by atoms with E-state index in [1.807, 2.05) is 6.26 Å². The molecule has 1 saturated carbocycles. The summed E-state index contributed by atoms with van der Waals surface area (Å²) in [5.74, 6) is 0.601. The molecule has 0 radical (unpaired) electrons. The van der Waals surface area contributed by atoms with Crippen LogP contribution < -0.4 is 4.74 Å². The predicted octanol–water partition coefficient (Wildman–Crippen LogP) is 2.05. The molecule has 1 heterocycles. The van der Waals surface area contributed by atoms with Crippen LogP contribution in [0.2, 0.25) is 0 Å². The Morgan fingerprint density at radius 1 is 1.53 bits per heavy atom. The van der Waals surface area contributed by atoms with Crippen molar-refractivity contribution in [3.05, 3.63) is 17.8 Å². The minimum atomic E-state index is -0.0573. The van der Waals surface area contributed by atoms with Crippen molar-refractivity contribution in [3.63, 3.8) is 0 Å². The van der Waals surface area contributed by atoms with Gasteiger partial charge in [0.05, 0.1) is 6.10 Å². The maximum absolute atomic E-state index is 12.1. The van der Waals surface area contributed by atoms with Gasteiger partial charge in [-0.3, -0.25) is 4.79 Å². The Hall–Kier alpha value is -1.23. The van der Waals surface area contributed by atoms with Gasteiger partial charge >= 0.3 is 0 Å². The number of hydrogen-bond donors (Lipinski definition) is 0. The molecule has 2 rings (SSSR count). The van der Waals surface area contributed by atoms with Crippen LogP contribution in [0.5, 0.6) is 5.75 Å². The highest BCUT2D eigenvalue weighted by molar-refractivity contribution is 7.98. The largest absolute Gasteiger partial charge is 0.489 e. The maximum Gasteiger partial charge on any atom is 0.259 e. The molecule has 0 aliphatic heterocycles. The highest BCUT2D eigenvalue weighted by Crippen LogP contribution is 2.32. The molecule has 92 valence electrons. The standard InChI is InChI=1S/C12H16N2O2S/c1-14(2)12(15)10-9(16-8-4-5-8)6-7-13-11(10)17-3/h6-8H,4-5H2,1-3H3. The van der Waals surface area contributed by atoms with Crippen molar-refractivity contribution in [3.8, 4) is 5.75 Å². The Bertz CT molecular complexity index is 431. The van der Waals surface area contributed by atoms with Crippen LogP contribution in [0.3, 0.4) is 0 Å². The number of amides is 1. The molecule has 1 aromatic rings. The van der Waals surface area contributed by atoms with Crippen molar-refractivity contribution in [2.45, 2.75) is 24.0 Å². The highest BCUT2D eigenvalue weighted by atomic mass is 32.2. The van der Waals surface area contributed by atoms with Gasteiger partial charge in [-0.15, -0.1) is 11.8 Å². The molecular weight excluding hydrogens is 236 g/mol. The Labute approximate surface area is 105 Å². The summed E-state index contributed by atoms with van der Waals surface area (Å²) in [5.41, 5.74) is 0.580. The Balaban J connectivity index is 2.38. The zero-order valence-corrected chi connectivity index (χ0v) is 11.1. The second-order valence-electron chi connectivity index (χ2n) is 4.21. The third-order valence-electron chi connectivity index (χ3n) is 2.51. The smallest absolute Gasteiger partial charge is 0.259 e. The normalized spacial score (nSPS) is 14.5. The van der Waals surface area contributed by atoms with E-state index in [9.17, 15) is 4.79 Å². The molecule has 0 bridgehead atoms. The number of aromatic nitrogens is 1. The molecule has 0 spiro atoms. The van der Waals surface area contributed by atoms with Crippen LogP contribution in [0, 0.1) is 0 Å². The zero-order chi connectivity index (χ0) is 12.4. The molecule has 0 unspecified atom stereocenters. The minimum Gasteiger partial charge on any atom is -0.489 e. The average molecular weight is 252 g/mol. The number of pyridine rings is 1. The molecule has 1 aromatic heterocycles. The highest BCUT2D eigenvalue weighted by Gasteiger charge is 2.27. The molecule has 1 amide bonds. The third-order valence-corrected chi connectivity index (χ3v) is 3.21. The Morgan fingerprint density at radius 3 is 2.76 bits per heavy atom. The number of nitrogens with zero attached hydrogens (tertiary/aromatic N) is 2. The fourth-order valence-electron chi connectivity index (χ4n) is 1.46. The zero-order valence-electron chi connectivity index (χ0n) is 10.3. The van der Waals surface area contributed by atoms with Crippen molar-refractivity contribution < 1.29 is 9.53 Å². The summed E-state index contributed by atoms with van der Waals surface area (Å²) in [6.07, 6.45) is 6.03. The van der Waals surface area contributed by atoms with Gasteiger partial charge in [0.2, 0.25) is 0 Å². The van der Waals surface area contributed by atoms with E-state index in [0.29, 0.717) is 11.3 Å². The summed E-state index contributed by atoms with van der Waals surface area (Å²) in [4.78, 5) is 17.9. The first-order chi connectivity index (χ1) is 8.13. The first-order valence-electron chi connectivity index (χ1n) is 5.54. The quantitative estimate of drug-likeness (QED) is 0.769. The van der Waals surface area contributed by atoms with Gasteiger partial charge in [0, 0.05) is 20.3 Å². The molecular formula is C12H16N2O2S. The first kappa shape index (κ1) is 12.2. The lowest BCUT2D eigenvalue weighted by Gasteiger charge is -2.16. The number of hydrogen-bond acceptors (Lipinski definition) is 4. The number of thioether (sulfide) groups is 1. The summed E-state index contributed by atoms with van der Waals surface area (Å²) < 4.78 is 5.77. The summed E-state index contributed by atoms with van der Waals surface area (Å²) in [5, 5.41) is 0.724. The van der Waals surface area contributed by atoms with Gasteiger partial charge in [0.15, 0.2) is 0 Å². The monoisotopic (exact) mass is 252 g/mol. The van der Waals surface area contributed by atoms with Crippen LogP contribution in [-0.4, -0.2) is 42.2 Å². The van der Waals surface area contributed by atoms with Crippen molar-refractivity contribution in [2.24, 2.45) is 0 Å². The molecule has 4 nitrogen and oxygen atoms in total. The third kappa shape index (κ3) is 2.72. The van der Waals surface area contributed by atoms with Gasteiger partial charge in [-0.05, 0) is 25.2 Å². The van der Waals surface area contributed by atoms with Crippen molar-refractivity contribution >= 4 is 17.7 Å². The molecule has 0 N–H and O–H groups in total. The van der Waals surface area contributed by atoms with Crippen LogP contribution in [0.15, 0.2) is 17.3 Å². The first-order valence-corrected chi connectivity index (χ1v) is 6.77. The predicted molar refractivity (Wildman–Crippen MR) is 67.7 cm³/mol. The summed E-state index contributed by atoms with van der Waals surface area (Å²) >= 11 is 1.46. The van der Waals surface area contributed by atoms with E-state index in [4.69, 9.17) is 4.74 Å². The van der Waals surface area contributed by atoms with Gasteiger partial charge in [0.25, 0.3) is 5.91 Å². The van der Waals surface area contributed by atoms with Gasteiger partial charge < -0.3 is 9.64 Å². The van der Waals surface area contributed by atoms with Crippen LogP contribution in [0.1, 0.15) is 23.2 Å².